The number of hydrogen-bond donors (Lipinski definition) is 1. The zero-order valence-electron chi connectivity index (χ0n) is 14.0. The minimum absolute atomic E-state index is 0.110. The highest BCUT2D eigenvalue weighted by molar-refractivity contribution is 7.89. The first-order valence-corrected chi connectivity index (χ1v) is 9.82. The Hall–Kier alpha value is -2.00. The van der Waals surface area contributed by atoms with Crippen LogP contribution in [-0.2, 0) is 14.8 Å². The van der Waals surface area contributed by atoms with Gasteiger partial charge in [-0.15, -0.1) is 0 Å². The van der Waals surface area contributed by atoms with Crippen LogP contribution in [0, 0.1) is 23.0 Å². The van der Waals surface area contributed by atoms with Gasteiger partial charge in [0.2, 0.25) is 15.9 Å². The van der Waals surface area contributed by atoms with Gasteiger partial charge in [-0.25, -0.2) is 13.1 Å². The second-order valence-corrected chi connectivity index (χ2v) is 8.41. The van der Waals surface area contributed by atoms with E-state index in [0.29, 0.717) is 31.5 Å². The van der Waals surface area contributed by atoms with Gasteiger partial charge in [-0.2, -0.15) is 0 Å². The number of nitro groups is 1. The average molecular weight is 367 g/mol. The summed E-state index contributed by atoms with van der Waals surface area (Å²) in [6.07, 6.45) is 3.01. The van der Waals surface area contributed by atoms with Gasteiger partial charge in [-0.1, -0.05) is 6.07 Å². The van der Waals surface area contributed by atoms with Crippen molar-refractivity contribution in [3.05, 3.63) is 33.9 Å². The number of nitrogens with zero attached hydrogens (tertiary/aromatic N) is 2. The van der Waals surface area contributed by atoms with Crippen LogP contribution in [0.15, 0.2) is 23.1 Å². The van der Waals surface area contributed by atoms with Crippen LogP contribution >= 0.6 is 0 Å². The Morgan fingerprint density at radius 2 is 1.88 bits per heavy atom. The summed E-state index contributed by atoms with van der Waals surface area (Å²) in [4.78, 5) is 24.1. The number of carbonyl (C=O) groups excluding carboxylic acids is 1. The molecule has 136 valence electrons. The lowest BCUT2D eigenvalue weighted by atomic mass is 10.1. The van der Waals surface area contributed by atoms with Gasteiger partial charge in [0.15, 0.2) is 0 Å². The Bertz CT molecular complexity index is 796. The zero-order valence-corrected chi connectivity index (χ0v) is 14.8. The highest BCUT2D eigenvalue weighted by Crippen LogP contribution is 2.32. The van der Waals surface area contributed by atoms with E-state index < -0.39 is 14.9 Å². The molecule has 1 aromatic carbocycles. The highest BCUT2D eigenvalue weighted by Gasteiger charge is 2.35. The van der Waals surface area contributed by atoms with Crippen molar-refractivity contribution in [2.24, 2.45) is 5.92 Å². The molecule has 1 saturated heterocycles. The lowest BCUT2D eigenvalue weighted by Crippen LogP contribution is -2.46. The smallest absolute Gasteiger partial charge is 0.273 e. The number of likely N-dealkylation sites (tertiary alicyclic amines) is 1. The maximum Gasteiger partial charge on any atom is 0.273 e. The Balaban J connectivity index is 1.65. The van der Waals surface area contributed by atoms with Crippen LogP contribution in [0.5, 0.6) is 0 Å². The number of sulfonamides is 1. The standard InChI is InChI=1S/C16H21N3O5S/c1-11-2-5-14(10-15(11)19(21)22)25(23,24)17-13-6-8-18(9-7-13)16(20)12-3-4-12/h2,5,10,12-13,17H,3-4,6-9H2,1H3. The molecule has 0 aromatic heterocycles. The van der Waals surface area contributed by atoms with E-state index in [-0.39, 0.29) is 28.4 Å². The van der Waals surface area contributed by atoms with E-state index in [2.05, 4.69) is 4.72 Å². The normalized spacial score (nSPS) is 19.0. The Morgan fingerprint density at radius 1 is 1.24 bits per heavy atom. The summed E-state index contributed by atoms with van der Waals surface area (Å²) in [5.41, 5.74) is 0.198. The minimum atomic E-state index is -3.83. The number of nitro benzene ring substituents is 1. The summed E-state index contributed by atoms with van der Waals surface area (Å²) in [5.74, 6) is 0.344. The van der Waals surface area contributed by atoms with Gasteiger partial charge in [-0.3, -0.25) is 14.9 Å². The van der Waals surface area contributed by atoms with E-state index in [1.165, 1.54) is 12.1 Å². The fourth-order valence-corrected chi connectivity index (χ4v) is 4.37. The van der Waals surface area contributed by atoms with E-state index in [1.54, 1.807) is 11.8 Å². The molecule has 2 aliphatic rings. The van der Waals surface area contributed by atoms with E-state index in [1.807, 2.05) is 0 Å². The molecule has 0 bridgehead atoms. The molecule has 3 rings (SSSR count). The van der Waals surface area contributed by atoms with Crippen LogP contribution in [0.4, 0.5) is 5.69 Å². The van der Waals surface area contributed by atoms with Crippen LogP contribution < -0.4 is 4.72 Å². The van der Waals surface area contributed by atoms with Crippen LogP contribution in [0.25, 0.3) is 0 Å². The molecule has 1 N–H and O–H groups in total. The number of rotatable bonds is 5. The van der Waals surface area contributed by atoms with Gasteiger partial charge in [0, 0.05) is 36.7 Å². The van der Waals surface area contributed by atoms with Crippen LogP contribution in [0.2, 0.25) is 0 Å². The van der Waals surface area contributed by atoms with Gasteiger partial charge in [0.05, 0.1) is 9.82 Å². The van der Waals surface area contributed by atoms with Crippen LogP contribution in [0.1, 0.15) is 31.2 Å². The molecule has 1 aromatic rings. The third-order valence-corrected chi connectivity index (χ3v) is 6.26. The van der Waals surface area contributed by atoms with Crippen molar-refractivity contribution in [2.75, 3.05) is 13.1 Å². The first-order chi connectivity index (χ1) is 11.8. The van der Waals surface area contributed by atoms with Gasteiger partial charge in [0.1, 0.15) is 0 Å². The number of amides is 1. The van der Waals surface area contributed by atoms with Crippen molar-refractivity contribution in [1.82, 2.24) is 9.62 Å². The van der Waals surface area contributed by atoms with Gasteiger partial charge in [-0.05, 0) is 38.7 Å². The molecule has 0 atom stereocenters. The summed E-state index contributed by atoms with van der Waals surface area (Å²) in [5, 5.41) is 11.0. The summed E-state index contributed by atoms with van der Waals surface area (Å²) in [6.45, 7) is 2.64. The molecule has 0 radical (unpaired) electrons. The summed E-state index contributed by atoms with van der Waals surface area (Å²) < 4.78 is 27.6. The quantitative estimate of drug-likeness (QED) is 0.628. The molecular weight excluding hydrogens is 346 g/mol. The molecule has 0 unspecified atom stereocenters. The maximum absolute atomic E-state index is 12.5. The predicted molar refractivity (Wildman–Crippen MR) is 90.5 cm³/mol. The van der Waals surface area contributed by atoms with Crippen molar-refractivity contribution >= 4 is 21.6 Å². The molecule has 2 fully saturated rings. The number of carbonyl (C=O) groups is 1. The molecule has 1 aliphatic carbocycles. The van der Waals surface area contributed by atoms with Crippen molar-refractivity contribution in [3.63, 3.8) is 0 Å². The number of piperidine rings is 1. The third kappa shape index (κ3) is 3.98. The molecule has 1 heterocycles. The number of aryl methyl sites for hydroxylation is 1. The molecule has 0 spiro atoms. The summed E-state index contributed by atoms with van der Waals surface area (Å²) >= 11 is 0. The number of benzene rings is 1. The fraction of sp³-hybridized carbons (Fsp3) is 0.562. The Morgan fingerprint density at radius 3 is 2.44 bits per heavy atom. The van der Waals surface area contributed by atoms with Gasteiger partial charge < -0.3 is 4.90 Å². The van der Waals surface area contributed by atoms with Crippen molar-refractivity contribution in [2.45, 2.75) is 43.5 Å². The summed E-state index contributed by atoms with van der Waals surface area (Å²) in [7, 11) is -3.83. The van der Waals surface area contributed by atoms with Crippen molar-refractivity contribution < 1.29 is 18.1 Å². The average Bonchev–Trinajstić information content (AvgIpc) is 3.39. The molecular formula is C16H21N3O5S. The monoisotopic (exact) mass is 367 g/mol. The predicted octanol–water partition coefficient (Wildman–Crippen LogP) is 1.58. The SMILES string of the molecule is Cc1ccc(S(=O)(=O)NC2CCN(C(=O)C3CC3)CC2)cc1[N+](=O)[O-]. The molecule has 25 heavy (non-hydrogen) atoms. The first-order valence-electron chi connectivity index (χ1n) is 8.34. The second-order valence-electron chi connectivity index (χ2n) is 6.70. The second kappa shape index (κ2) is 6.72. The van der Waals surface area contributed by atoms with Crippen LogP contribution in [-0.4, -0.2) is 43.3 Å². The molecule has 1 saturated carbocycles. The first kappa shape index (κ1) is 17.8. The summed E-state index contributed by atoms with van der Waals surface area (Å²) in [6, 6.07) is 3.62. The number of nitrogens with one attached hydrogen (secondary N) is 1. The third-order valence-electron chi connectivity index (χ3n) is 4.74. The van der Waals surface area contributed by atoms with Crippen LogP contribution in [0.3, 0.4) is 0 Å². The van der Waals surface area contributed by atoms with E-state index in [9.17, 15) is 23.3 Å². The molecule has 9 heteroatoms. The minimum Gasteiger partial charge on any atom is -0.342 e. The van der Waals surface area contributed by atoms with Crippen molar-refractivity contribution in [1.29, 1.82) is 0 Å². The maximum atomic E-state index is 12.5. The Kier molecular flexibility index (Phi) is 4.79. The van der Waals surface area contributed by atoms with E-state index in [4.69, 9.17) is 0 Å². The van der Waals surface area contributed by atoms with Gasteiger partial charge >= 0.3 is 0 Å². The van der Waals surface area contributed by atoms with Crippen molar-refractivity contribution in [3.8, 4) is 0 Å². The highest BCUT2D eigenvalue weighted by atomic mass is 32.2. The molecule has 8 nitrogen and oxygen atoms in total. The Labute approximate surface area is 146 Å². The fourth-order valence-electron chi connectivity index (χ4n) is 3.05. The van der Waals surface area contributed by atoms with E-state index in [0.717, 1.165) is 18.9 Å². The lowest BCUT2D eigenvalue weighted by Gasteiger charge is -2.32. The molecule has 1 aliphatic heterocycles. The number of hydrogen-bond acceptors (Lipinski definition) is 5. The topological polar surface area (TPSA) is 110 Å². The molecule has 1 amide bonds. The zero-order chi connectivity index (χ0) is 18.2. The lowest BCUT2D eigenvalue weighted by molar-refractivity contribution is -0.385. The van der Waals surface area contributed by atoms with Gasteiger partial charge in [0.25, 0.3) is 5.69 Å². The largest absolute Gasteiger partial charge is 0.342 e. The van der Waals surface area contributed by atoms with E-state index >= 15 is 0 Å².